The quantitative estimate of drug-likeness (QED) is 0.747. The van der Waals surface area contributed by atoms with Crippen LogP contribution in [0.2, 0.25) is 0 Å². The van der Waals surface area contributed by atoms with Gasteiger partial charge in [-0.3, -0.25) is 9.48 Å². The van der Waals surface area contributed by atoms with Gasteiger partial charge in [-0.15, -0.1) is 0 Å². The second-order valence-corrected chi connectivity index (χ2v) is 8.19. The van der Waals surface area contributed by atoms with Gasteiger partial charge >= 0.3 is 0 Å². The van der Waals surface area contributed by atoms with Gasteiger partial charge in [-0.25, -0.2) is 12.8 Å². The van der Waals surface area contributed by atoms with Crippen LogP contribution in [0.5, 0.6) is 0 Å². The van der Waals surface area contributed by atoms with Crippen molar-refractivity contribution in [1.82, 2.24) is 14.7 Å². The molecule has 0 aliphatic carbocycles. The maximum Gasteiger partial charge on any atom is 0.242 e. The third-order valence-corrected chi connectivity index (χ3v) is 5.73. The van der Waals surface area contributed by atoms with Crippen molar-refractivity contribution in [3.63, 3.8) is 0 Å². The van der Waals surface area contributed by atoms with Gasteiger partial charge in [0, 0.05) is 12.7 Å². The first-order valence-corrected chi connectivity index (χ1v) is 9.22. The third-order valence-electron chi connectivity index (χ3n) is 3.65. The first-order chi connectivity index (χ1) is 11.7. The van der Waals surface area contributed by atoms with Crippen LogP contribution >= 0.6 is 0 Å². The van der Waals surface area contributed by atoms with E-state index in [0.717, 1.165) is 30.8 Å². The topological polar surface area (TPSA) is 84.3 Å². The Kier molecular flexibility index (Phi) is 5.91. The fourth-order valence-corrected chi connectivity index (χ4v) is 3.33. The van der Waals surface area contributed by atoms with Gasteiger partial charge in [-0.2, -0.15) is 5.10 Å². The van der Waals surface area contributed by atoms with Crippen molar-refractivity contribution in [3.8, 4) is 0 Å². The highest BCUT2D eigenvalue weighted by atomic mass is 32.2. The monoisotopic (exact) mass is 368 g/mol. The number of hydrogen-bond donors (Lipinski definition) is 1. The Morgan fingerprint density at radius 1 is 1.32 bits per heavy atom. The molecule has 0 bridgehead atoms. The van der Waals surface area contributed by atoms with Crippen LogP contribution in [-0.4, -0.2) is 54.9 Å². The largest absolute Gasteiger partial charge is 0.322 e. The SMILES string of the molecule is C[C@@H](C(=O)Nc1cnn(CCN(C)C)c1)S(=O)(=O)c1ccc(F)cc1. The Labute approximate surface area is 146 Å². The van der Waals surface area contributed by atoms with E-state index in [1.807, 2.05) is 19.0 Å². The van der Waals surface area contributed by atoms with Gasteiger partial charge in [0.25, 0.3) is 0 Å². The van der Waals surface area contributed by atoms with Gasteiger partial charge in [0.1, 0.15) is 11.1 Å². The first kappa shape index (κ1) is 19.1. The molecule has 1 aromatic heterocycles. The van der Waals surface area contributed by atoms with Crippen molar-refractivity contribution < 1.29 is 17.6 Å². The lowest BCUT2D eigenvalue weighted by Crippen LogP contribution is -2.32. The summed E-state index contributed by atoms with van der Waals surface area (Å²) in [5.41, 5.74) is 0.421. The van der Waals surface area contributed by atoms with E-state index in [0.29, 0.717) is 12.2 Å². The molecule has 7 nitrogen and oxygen atoms in total. The number of anilines is 1. The van der Waals surface area contributed by atoms with Crippen molar-refractivity contribution in [2.75, 3.05) is 26.0 Å². The number of rotatable bonds is 7. The van der Waals surface area contributed by atoms with E-state index in [1.165, 1.54) is 13.1 Å². The number of amides is 1. The fraction of sp³-hybridized carbons (Fsp3) is 0.375. The minimum absolute atomic E-state index is 0.0989. The molecule has 0 fully saturated rings. The average Bonchev–Trinajstić information content (AvgIpc) is 3.00. The zero-order valence-corrected chi connectivity index (χ0v) is 15.1. The number of hydrogen-bond acceptors (Lipinski definition) is 5. The van der Waals surface area contributed by atoms with Crippen LogP contribution in [0.1, 0.15) is 6.92 Å². The second-order valence-electron chi connectivity index (χ2n) is 5.93. The van der Waals surface area contributed by atoms with Gasteiger partial charge in [0.05, 0.1) is 23.3 Å². The molecule has 0 radical (unpaired) electrons. The maximum atomic E-state index is 13.0. The molecule has 2 rings (SSSR count). The highest BCUT2D eigenvalue weighted by Gasteiger charge is 2.30. The number of nitrogens with zero attached hydrogens (tertiary/aromatic N) is 3. The van der Waals surface area contributed by atoms with E-state index >= 15 is 0 Å². The van der Waals surface area contributed by atoms with Crippen LogP contribution in [0, 0.1) is 5.82 Å². The minimum Gasteiger partial charge on any atom is -0.322 e. The average molecular weight is 368 g/mol. The molecule has 1 heterocycles. The number of carbonyl (C=O) groups is 1. The molecule has 0 aliphatic heterocycles. The lowest BCUT2D eigenvalue weighted by Gasteiger charge is -2.12. The summed E-state index contributed by atoms with van der Waals surface area (Å²) in [6, 6.07) is 4.39. The second kappa shape index (κ2) is 7.75. The predicted molar refractivity (Wildman–Crippen MR) is 92.5 cm³/mol. The molecule has 1 amide bonds. The van der Waals surface area contributed by atoms with Crippen LogP contribution in [-0.2, 0) is 21.2 Å². The molecular formula is C16H21FN4O3S. The Hall–Kier alpha value is -2.26. The van der Waals surface area contributed by atoms with Crippen molar-refractivity contribution in [3.05, 3.63) is 42.5 Å². The normalized spacial score (nSPS) is 13.0. The van der Waals surface area contributed by atoms with Crippen LogP contribution < -0.4 is 5.32 Å². The molecule has 0 spiro atoms. The van der Waals surface area contributed by atoms with Gasteiger partial charge in [-0.05, 0) is 45.3 Å². The smallest absolute Gasteiger partial charge is 0.242 e. The summed E-state index contributed by atoms with van der Waals surface area (Å²) in [5, 5.41) is 5.35. The van der Waals surface area contributed by atoms with Crippen LogP contribution in [0.15, 0.2) is 41.6 Å². The molecular weight excluding hydrogens is 347 g/mol. The summed E-state index contributed by atoms with van der Waals surface area (Å²) in [6.45, 7) is 2.72. The zero-order chi connectivity index (χ0) is 18.6. The molecule has 9 heteroatoms. The molecule has 1 N–H and O–H groups in total. The number of nitrogens with one attached hydrogen (secondary N) is 1. The summed E-state index contributed by atoms with van der Waals surface area (Å²) in [6.07, 6.45) is 3.10. The van der Waals surface area contributed by atoms with E-state index < -0.39 is 26.8 Å². The Morgan fingerprint density at radius 2 is 1.96 bits per heavy atom. The van der Waals surface area contributed by atoms with E-state index in [-0.39, 0.29) is 4.90 Å². The molecule has 1 aromatic carbocycles. The van der Waals surface area contributed by atoms with E-state index in [2.05, 4.69) is 10.4 Å². The van der Waals surface area contributed by atoms with Gasteiger partial charge in [0.2, 0.25) is 5.91 Å². The van der Waals surface area contributed by atoms with Crippen molar-refractivity contribution in [2.45, 2.75) is 23.6 Å². The standard InChI is InChI=1S/C16H21FN4O3S/c1-12(25(23,24)15-6-4-13(17)5-7-15)16(22)19-14-10-18-21(11-14)9-8-20(2)3/h4-7,10-12H,8-9H2,1-3H3,(H,19,22)/t12-/m0/s1. The van der Waals surface area contributed by atoms with Crippen molar-refractivity contribution in [1.29, 1.82) is 0 Å². The van der Waals surface area contributed by atoms with Crippen LogP contribution in [0.25, 0.3) is 0 Å². The molecule has 0 unspecified atom stereocenters. The van der Waals surface area contributed by atoms with Gasteiger partial charge < -0.3 is 10.2 Å². The summed E-state index contributed by atoms with van der Waals surface area (Å²) in [5.74, 6) is -1.21. The highest BCUT2D eigenvalue weighted by molar-refractivity contribution is 7.92. The van der Waals surface area contributed by atoms with Crippen molar-refractivity contribution in [2.24, 2.45) is 0 Å². The lowest BCUT2D eigenvalue weighted by atomic mass is 10.3. The highest BCUT2D eigenvalue weighted by Crippen LogP contribution is 2.18. The van der Waals surface area contributed by atoms with E-state index in [1.54, 1.807) is 10.9 Å². The third kappa shape index (κ3) is 4.86. The van der Waals surface area contributed by atoms with E-state index in [4.69, 9.17) is 0 Å². The molecule has 0 saturated heterocycles. The number of halogens is 1. The number of likely N-dealkylation sites (N-methyl/N-ethyl adjacent to an activating group) is 1. The molecule has 136 valence electrons. The Morgan fingerprint density at radius 3 is 2.56 bits per heavy atom. The molecule has 0 saturated carbocycles. The Bertz CT molecular complexity index is 831. The van der Waals surface area contributed by atoms with Gasteiger partial charge in [-0.1, -0.05) is 0 Å². The first-order valence-electron chi connectivity index (χ1n) is 7.67. The summed E-state index contributed by atoms with van der Waals surface area (Å²) in [4.78, 5) is 14.2. The molecule has 1 atom stereocenters. The molecule has 0 aliphatic rings. The van der Waals surface area contributed by atoms with E-state index in [9.17, 15) is 17.6 Å². The number of sulfone groups is 1. The molecule has 2 aromatic rings. The summed E-state index contributed by atoms with van der Waals surface area (Å²) < 4.78 is 39.5. The number of benzene rings is 1. The van der Waals surface area contributed by atoms with Crippen molar-refractivity contribution >= 4 is 21.4 Å². The lowest BCUT2D eigenvalue weighted by molar-refractivity contribution is -0.115. The summed E-state index contributed by atoms with van der Waals surface area (Å²) >= 11 is 0. The summed E-state index contributed by atoms with van der Waals surface area (Å²) in [7, 11) is -0.0250. The maximum absolute atomic E-state index is 13.0. The molecule has 25 heavy (non-hydrogen) atoms. The fourth-order valence-electron chi connectivity index (χ4n) is 2.07. The zero-order valence-electron chi connectivity index (χ0n) is 14.3. The van der Waals surface area contributed by atoms with Crippen LogP contribution in [0.3, 0.4) is 0 Å². The predicted octanol–water partition coefficient (Wildman–Crippen LogP) is 1.38. The van der Waals surface area contributed by atoms with Crippen LogP contribution in [0.4, 0.5) is 10.1 Å². The van der Waals surface area contributed by atoms with Gasteiger partial charge in [0.15, 0.2) is 9.84 Å². The number of aromatic nitrogens is 2. The Balaban J connectivity index is 2.06. The minimum atomic E-state index is -3.90. The number of carbonyl (C=O) groups excluding carboxylic acids is 1.